The second-order valence-electron chi connectivity index (χ2n) is 10.5. The van der Waals surface area contributed by atoms with Gasteiger partial charge in [0.25, 0.3) is 0 Å². The molecule has 1 aliphatic carbocycles. The molecule has 1 aliphatic rings. The maximum absolute atomic E-state index is 12.9. The fourth-order valence-electron chi connectivity index (χ4n) is 4.11. The minimum Gasteiger partial charge on any atom is -0.497 e. The molecule has 0 radical (unpaired) electrons. The largest absolute Gasteiger partial charge is 0.497 e. The van der Waals surface area contributed by atoms with Crippen molar-refractivity contribution in [3.8, 4) is 5.75 Å². The first-order valence-electron chi connectivity index (χ1n) is 12.2. The van der Waals surface area contributed by atoms with Crippen molar-refractivity contribution >= 4 is 28.2 Å². The van der Waals surface area contributed by atoms with Gasteiger partial charge in [-0.2, -0.15) is 0 Å². The van der Waals surface area contributed by atoms with Gasteiger partial charge in [0, 0.05) is 12.6 Å². The number of rotatable bonds is 10. The highest BCUT2D eigenvalue weighted by molar-refractivity contribution is 7.91. The van der Waals surface area contributed by atoms with Gasteiger partial charge in [-0.1, -0.05) is 25.9 Å². The number of hydrogen-bond donors (Lipinski definition) is 2. The van der Waals surface area contributed by atoms with Crippen LogP contribution in [0.2, 0.25) is 0 Å². The van der Waals surface area contributed by atoms with Gasteiger partial charge >= 0.3 is 0 Å². The van der Waals surface area contributed by atoms with Crippen LogP contribution in [0.1, 0.15) is 58.4 Å². The number of pyridine rings is 1. The Morgan fingerprint density at radius 2 is 1.78 bits per heavy atom. The van der Waals surface area contributed by atoms with E-state index < -0.39 is 9.84 Å². The smallest absolute Gasteiger partial charge is 0.236 e. The van der Waals surface area contributed by atoms with E-state index in [1.54, 1.807) is 18.2 Å². The number of hydrazine groups is 1. The number of nitrogens with one attached hydrogen (secondary N) is 1. The van der Waals surface area contributed by atoms with Gasteiger partial charge in [-0.05, 0) is 79.0 Å². The number of halogens is 1. The van der Waals surface area contributed by atoms with Crippen LogP contribution in [0.5, 0.6) is 5.75 Å². The Kier molecular flexibility index (Phi) is 11.3. The number of carbonyl (C=O) groups excluding carboxylic acids is 1. The highest BCUT2D eigenvalue weighted by Crippen LogP contribution is 2.30. The third-order valence-electron chi connectivity index (χ3n) is 6.05. The van der Waals surface area contributed by atoms with Crippen LogP contribution in [0.4, 0.5) is 0 Å². The molecule has 9 nitrogen and oxygen atoms in total. The number of aromatic nitrogens is 1. The van der Waals surface area contributed by atoms with Gasteiger partial charge in [0.2, 0.25) is 15.7 Å². The molecule has 0 bridgehead atoms. The van der Waals surface area contributed by atoms with Crippen molar-refractivity contribution in [3.63, 3.8) is 0 Å². The third kappa shape index (κ3) is 9.54. The van der Waals surface area contributed by atoms with Crippen LogP contribution in [0.25, 0.3) is 0 Å². The molecule has 0 atom stereocenters. The maximum atomic E-state index is 12.9. The Balaban J connectivity index is 0.00000481. The van der Waals surface area contributed by atoms with Gasteiger partial charge in [-0.25, -0.2) is 13.4 Å². The summed E-state index contributed by atoms with van der Waals surface area (Å²) in [4.78, 5) is 16.5. The van der Waals surface area contributed by atoms with E-state index in [2.05, 4.69) is 31.2 Å². The number of nitrogens with zero attached hydrogens (tertiary/aromatic N) is 2. The van der Waals surface area contributed by atoms with Gasteiger partial charge in [-0.3, -0.25) is 15.4 Å². The van der Waals surface area contributed by atoms with Crippen LogP contribution in [-0.2, 0) is 25.9 Å². The van der Waals surface area contributed by atoms with E-state index in [-0.39, 0.29) is 52.2 Å². The standard InChI is InChI=1S/C26H37N3O6S.ClH/c1-26(2,3)18-35-22-7-5-19(6-8-22)15-24(30)28-29(31)17-20-13-14-27-25(16-20)36(32,33)23-11-9-21(34-4)10-12-23;/h9-14,16,19,22,31H,5-8,15,17-18H2,1-4H3,(H,28,30);1H/t19-,22-;. The van der Waals surface area contributed by atoms with Gasteiger partial charge in [0.1, 0.15) is 5.75 Å². The fraction of sp³-hybridized carbons (Fsp3) is 0.538. The van der Waals surface area contributed by atoms with Gasteiger partial charge in [0.15, 0.2) is 5.03 Å². The summed E-state index contributed by atoms with van der Waals surface area (Å²) in [6.45, 7) is 7.08. The molecule has 206 valence electrons. The Labute approximate surface area is 225 Å². The number of benzene rings is 1. The zero-order valence-corrected chi connectivity index (χ0v) is 23.5. The van der Waals surface area contributed by atoms with Gasteiger partial charge in [0.05, 0.1) is 31.3 Å². The van der Waals surface area contributed by atoms with Crippen molar-refractivity contribution in [2.24, 2.45) is 11.3 Å². The molecule has 0 saturated heterocycles. The summed E-state index contributed by atoms with van der Waals surface area (Å²) >= 11 is 0. The molecule has 1 amide bonds. The van der Waals surface area contributed by atoms with Crippen molar-refractivity contribution in [2.45, 2.75) is 75.4 Å². The van der Waals surface area contributed by atoms with Crippen molar-refractivity contribution in [3.05, 3.63) is 48.2 Å². The van der Waals surface area contributed by atoms with Crippen LogP contribution in [0, 0.1) is 11.3 Å². The summed E-state index contributed by atoms with van der Waals surface area (Å²) in [7, 11) is -2.34. The van der Waals surface area contributed by atoms with Crippen molar-refractivity contribution < 1.29 is 27.9 Å². The number of methoxy groups -OCH3 is 1. The molecule has 37 heavy (non-hydrogen) atoms. The van der Waals surface area contributed by atoms with E-state index in [9.17, 15) is 18.4 Å². The number of hydroxylamine groups is 1. The summed E-state index contributed by atoms with van der Waals surface area (Å²) in [5.74, 6) is 0.510. The second kappa shape index (κ2) is 13.5. The molecular weight excluding hydrogens is 518 g/mol. The minimum absolute atomic E-state index is 0. The normalized spacial score (nSPS) is 18.2. The maximum Gasteiger partial charge on any atom is 0.236 e. The van der Waals surface area contributed by atoms with Gasteiger partial charge in [-0.15, -0.1) is 12.4 Å². The van der Waals surface area contributed by atoms with E-state index in [1.807, 2.05) is 0 Å². The summed E-state index contributed by atoms with van der Waals surface area (Å²) in [5, 5.41) is 10.8. The molecule has 11 heteroatoms. The molecule has 3 rings (SSSR count). The fourth-order valence-corrected chi connectivity index (χ4v) is 5.35. The topological polar surface area (TPSA) is 118 Å². The predicted molar refractivity (Wildman–Crippen MR) is 141 cm³/mol. The Morgan fingerprint density at radius 3 is 2.38 bits per heavy atom. The number of amides is 1. The SMILES string of the molecule is COc1ccc(S(=O)(=O)c2cc(CN(O)NC(=O)C[C@H]3CC[C@H](OCC(C)(C)C)CC3)ccn2)cc1.Cl. The van der Waals surface area contributed by atoms with Crippen LogP contribution in [0.3, 0.4) is 0 Å². The first-order valence-corrected chi connectivity index (χ1v) is 13.7. The monoisotopic (exact) mass is 555 g/mol. The minimum atomic E-state index is -3.85. The second-order valence-corrected chi connectivity index (χ2v) is 12.4. The molecule has 2 N–H and O–H groups in total. The van der Waals surface area contributed by atoms with E-state index in [1.165, 1.54) is 31.5 Å². The molecule has 1 fully saturated rings. The summed E-state index contributed by atoms with van der Waals surface area (Å²) < 4.78 is 36.9. The summed E-state index contributed by atoms with van der Waals surface area (Å²) in [5.41, 5.74) is 3.09. The number of hydrogen-bond acceptors (Lipinski definition) is 8. The predicted octanol–water partition coefficient (Wildman–Crippen LogP) is 4.58. The molecule has 1 heterocycles. The van der Waals surface area contributed by atoms with Crippen LogP contribution in [-0.4, -0.2) is 49.5 Å². The average molecular weight is 556 g/mol. The van der Waals surface area contributed by atoms with Crippen LogP contribution < -0.4 is 10.2 Å². The lowest BCUT2D eigenvalue weighted by molar-refractivity contribution is -0.166. The quantitative estimate of drug-likeness (QED) is 0.409. The summed E-state index contributed by atoms with van der Waals surface area (Å²) in [6, 6.07) is 8.99. The number of carbonyl (C=O) groups is 1. The average Bonchev–Trinajstić information content (AvgIpc) is 2.83. The van der Waals surface area contributed by atoms with Gasteiger partial charge < -0.3 is 9.47 Å². The molecule has 0 unspecified atom stereocenters. The number of sulfone groups is 1. The third-order valence-corrected chi connectivity index (χ3v) is 7.72. The Bertz CT molecular complexity index is 1110. The molecule has 2 aromatic rings. The lowest BCUT2D eigenvalue weighted by Gasteiger charge is -2.30. The lowest BCUT2D eigenvalue weighted by Crippen LogP contribution is -2.40. The number of ether oxygens (including phenoxy) is 2. The first-order chi connectivity index (χ1) is 17.0. The molecule has 0 aliphatic heterocycles. The highest BCUT2D eigenvalue weighted by atomic mass is 35.5. The molecule has 1 saturated carbocycles. The van der Waals surface area contributed by atoms with E-state index >= 15 is 0 Å². The summed E-state index contributed by atoms with van der Waals surface area (Å²) in [6.07, 6.45) is 5.60. The van der Waals surface area contributed by atoms with Crippen LogP contribution >= 0.6 is 12.4 Å². The first kappa shape index (κ1) is 31.0. The molecule has 1 aromatic carbocycles. The van der Waals surface area contributed by atoms with E-state index in [0.717, 1.165) is 32.3 Å². The van der Waals surface area contributed by atoms with Crippen LogP contribution in [0.15, 0.2) is 52.5 Å². The zero-order valence-electron chi connectivity index (χ0n) is 21.8. The van der Waals surface area contributed by atoms with Crippen molar-refractivity contribution in [2.75, 3.05) is 13.7 Å². The molecule has 0 spiro atoms. The Morgan fingerprint density at radius 1 is 1.14 bits per heavy atom. The molecular formula is C26H38ClN3O6S. The van der Waals surface area contributed by atoms with Crippen molar-refractivity contribution in [1.82, 2.24) is 15.6 Å². The van der Waals surface area contributed by atoms with Crippen molar-refractivity contribution in [1.29, 1.82) is 0 Å². The Hall–Kier alpha value is -2.24. The zero-order chi connectivity index (χ0) is 26.3. The van der Waals surface area contributed by atoms with E-state index in [0.29, 0.717) is 22.9 Å². The van der Waals surface area contributed by atoms with E-state index in [4.69, 9.17) is 9.47 Å². The lowest BCUT2D eigenvalue weighted by atomic mass is 9.85. The molecule has 1 aromatic heterocycles. The highest BCUT2D eigenvalue weighted by Gasteiger charge is 2.25.